The van der Waals surface area contributed by atoms with Crippen LogP contribution in [0.2, 0.25) is 10.0 Å². The van der Waals surface area contributed by atoms with Crippen molar-refractivity contribution in [2.24, 2.45) is 0 Å². The first-order chi connectivity index (χ1) is 14.2. The molecule has 0 aliphatic heterocycles. The zero-order valence-corrected chi connectivity index (χ0v) is 19.6. The van der Waals surface area contributed by atoms with Crippen LogP contribution in [0.1, 0.15) is 50.3 Å². The molecular weight excluding hydrogens is 419 g/mol. The number of carbonyl (C=O) groups excluding carboxylic acids is 2. The lowest BCUT2D eigenvalue weighted by atomic mass is 10.0. The summed E-state index contributed by atoms with van der Waals surface area (Å²) in [6, 6.07) is 12.9. The zero-order valence-electron chi connectivity index (χ0n) is 18.0. The van der Waals surface area contributed by atoms with E-state index in [1.807, 2.05) is 58.0 Å². The highest BCUT2D eigenvalue weighted by Crippen LogP contribution is 2.24. The Balaban J connectivity index is 2.23. The molecular formula is C24H30Cl2N2O2. The van der Waals surface area contributed by atoms with Crippen molar-refractivity contribution >= 4 is 35.0 Å². The predicted molar refractivity (Wildman–Crippen MR) is 124 cm³/mol. The summed E-state index contributed by atoms with van der Waals surface area (Å²) in [6.45, 7) is 8.07. The number of halogens is 2. The molecule has 2 amide bonds. The van der Waals surface area contributed by atoms with Gasteiger partial charge in [0.1, 0.15) is 6.04 Å². The van der Waals surface area contributed by atoms with Crippen LogP contribution in [-0.2, 0) is 22.6 Å². The molecule has 0 saturated heterocycles. The Morgan fingerprint density at radius 3 is 2.20 bits per heavy atom. The van der Waals surface area contributed by atoms with Gasteiger partial charge in [-0.2, -0.15) is 0 Å². The second kappa shape index (κ2) is 11.4. The first-order valence-electron chi connectivity index (χ1n) is 10.3. The number of carbonyl (C=O) groups is 2. The van der Waals surface area contributed by atoms with Crippen molar-refractivity contribution in [3.8, 4) is 0 Å². The quantitative estimate of drug-likeness (QED) is 0.545. The fraction of sp³-hybridized carbons (Fsp3) is 0.417. The maximum absolute atomic E-state index is 13.2. The van der Waals surface area contributed by atoms with E-state index in [1.165, 1.54) is 5.56 Å². The van der Waals surface area contributed by atoms with Crippen molar-refractivity contribution < 1.29 is 9.59 Å². The summed E-state index contributed by atoms with van der Waals surface area (Å²) >= 11 is 12.2. The summed E-state index contributed by atoms with van der Waals surface area (Å²) in [4.78, 5) is 27.7. The lowest BCUT2D eigenvalue weighted by Gasteiger charge is -2.31. The summed E-state index contributed by atoms with van der Waals surface area (Å²) in [6.07, 6.45) is 1.48. The Morgan fingerprint density at radius 2 is 1.63 bits per heavy atom. The molecule has 0 spiro atoms. The molecule has 2 aromatic rings. The number of rotatable bonds is 9. The molecule has 0 saturated carbocycles. The van der Waals surface area contributed by atoms with Gasteiger partial charge in [-0.05, 0) is 56.9 Å². The molecule has 0 heterocycles. The topological polar surface area (TPSA) is 49.4 Å². The molecule has 2 rings (SSSR count). The molecule has 2 aromatic carbocycles. The fourth-order valence-corrected chi connectivity index (χ4v) is 3.61. The van der Waals surface area contributed by atoms with Crippen LogP contribution in [-0.4, -0.2) is 28.8 Å². The smallest absolute Gasteiger partial charge is 0.243 e. The van der Waals surface area contributed by atoms with Gasteiger partial charge >= 0.3 is 0 Å². The van der Waals surface area contributed by atoms with E-state index in [0.29, 0.717) is 35.9 Å². The Labute approximate surface area is 189 Å². The maximum Gasteiger partial charge on any atom is 0.243 e. The maximum atomic E-state index is 13.2. The van der Waals surface area contributed by atoms with Gasteiger partial charge in [-0.1, -0.05) is 66.0 Å². The summed E-state index contributed by atoms with van der Waals surface area (Å²) in [7, 11) is 0. The summed E-state index contributed by atoms with van der Waals surface area (Å²) in [5.74, 6) is -0.205. The van der Waals surface area contributed by atoms with Crippen LogP contribution in [0.25, 0.3) is 0 Å². The highest BCUT2D eigenvalue weighted by Gasteiger charge is 2.28. The minimum Gasteiger partial charge on any atom is -0.352 e. The molecule has 30 heavy (non-hydrogen) atoms. The zero-order chi connectivity index (χ0) is 22.3. The van der Waals surface area contributed by atoms with E-state index in [1.54, 1.807) is 17.0 Å². The number of nitrogens with zero attached hydrogens (tertiary/aromatic N) is 1. The third-order valence-corrected chi connectivity index (χ3v) is 5.64. The third-order valence-electron chi connectivity index (χ3n) is 4.90. The second-order valence-corrected chi connectivity index (χ2v) is 8.66. The lowest BCUT2D eigenvalue weighted by Crippen LogP contribution is -2.50. The van der Waals surface area contributed by atoms with Crippen LogP contribution in [0.4, 0.5) is 0 Å². The van der Waals surface area contributed by atoms with Crippen LogP contribution in [0, 0.1) is 6.92 Å². The van der Waals surface area contributed by atoms with Gasteiger partial charge in [0.2, 0.25) is 11.8 Å². The molecule has 0 fully saturated rings. The fourth-order valence-electron chi connectivity index (χ4n) is 3.28. The first kappa shape index (κ1) is 24.2. The van der Waals surface area contributed by atoms with E-state index in [9.17, 15) is 9.59 Å². The second-order valence-electron chi connectivity index (χ2n) is 7.84. The van der Waals surface area contributed by atoms with Crippen molar-refractivity contribution in [3.05, 3.63) is 69.2 Å². The first-order valence-corrected chi connectivity index (χ1v) is 11.1. The van der Waals surface area contributed by atoms with Crippen LogP contribution in [0.3, 0.4) is 0 Å². The van der Waals surface area contributed by atoms with Gasteiger partial charge in [-0.25, -0.2) is 0 Å². The number of amides is 2. The minimum absolute atomic E-state index is 0.000960. The predicted octanol–water partition coefficient (Wildman–Crippen LogP) is 5.57. The number of hydrogen-bond acceptors (Lipinski definition) is 2. The molecule has 0 aliphatic carbocycles. The molecule has 162 valence electrons. The number of hydrogen-bond donors (Lipinski definition) is 1. The standard InChI is InChI=1S/C24H30Cl2N2O2/c1-5-22(24(30)27-16(2)3)28(15-19-10-12-20(25)21(26)14-19)23(29)13-11-18-8-6-17(4)7-9-18/h6-10,12,14,16,22H,5,11,13,15H2,1-4H3,(H,27,30). The highest BCUT2D eigenvalue weighted by molar-refractivity contribution is 6.42. The minimum atomic E-state index is -0.549. The van der Waals surface area contributed by atoms with E-state index in [4.69, 9.17) is 23.2 Å². The van der Waals surface area contributed by atoms with E-state index >= 15 is 0 Å². The van der Waals surface area contributed by atoms with Crippen molar-refractivity contribution in [2.75, 3.05) is 0 Å². The average Bonchev–Trinajstić information content (AvgIpc) is 2.69. The Morgan fingerprint density at radius 1 is 1.00 bits per heavy atom. The van der Waals surface area contributed by atoms with Gasteiger partial charge in [0.25, 0.3) is 0 Å². The van der Waals surface area contributed by atoms with Crippen molar-refractivity contribution in [2.45, 2.75) is 65.6 Å². The van der Waals surface area contributed by atoms with E-state index in [0.717, 1.165) is 11.1 Å². The average molecular weight is 449 g/mol. The Bertz CT molecular complexity index is 866. The Hall–Kier alpha value is -2.04. The van der Waals surface area contributed by atoms with Crippen molar-refractivity contribution in [1.82, 2.24) is 10.2 Å². The molecule has 1 N–H and O–H groups in total. The molecule has 6 heteroatoms. The molecule has 0 aromatic heterocycles. The number of aryl methyl sites for hydroxylation is 2. The summed E-state index contributed by atoms with van der Waals surface area (Å²) < 4.78 is 0. The van der Waals surface area contributed by atoms with E-state index in [-0.39, 0.29) is 17.9 Å². The van der Waals surface area contributed by atoms with Crippen LogP contribution in [0.5, 0.6) is 0 Å². The van der Waals surface area contributed by atoms with Gasteiger partial charge in [-0.3, -0.25) is 9.59 Å². The van der Waals surface area contributed by atoms with Crippen LogP contribution in [0.15, 0.2) is 42.5 Å². The Kier molecular flexibility index (Phi) is 9.19. The van der Waals surface area contributed by atoms with Gasteiger partial charge in [0, 0.05) is 19.0 Å². The van der Waals surface area contributed by atoms with Gasteiger partial charge < -0.3 is 10.2 Å². The molecule has 0 aliphatic rings. The monoisotopic (exact) mass is 448 g/mol. The SMILES string of the molecule is CCC(C(=O)NC(C)C)N(Cc1ccc(Cl)c(Cl)c1)C(=O)CCc1ccc(C)cc1. The number of nitrogens with one attached hydrogen (secondary N) is 1. The highest BCUT2D eigenvalue weighted by atomic mass is 35.5. The molecule has 1 unspecified atom stereocenters. The molecule has 0 bridgehead atoms. The third kappa shape index (κ3) is 7.03. The largest absolute Gasteiger partial charge is 0.352 e. The van der Waals surface area contributed by atoms with Crippen molar-refractivity contribution in [1.29, 1.82) is 0 Å². The van der Waals surface area contributed by atoms with Crippen LogP contribution >= 0.6 is 23.2 Å². The molecule has 4 nitrogen and oxygen atoms in total. The lowest BCUT2D eigenvalue weighted by molar-refractivity contribution is -0.141. The van der Waals surface area contributed by atoms with Gasteiger partial charge in [0.05, 0.1) is 10.0 Å². The van der Waals surface area contributed by atoms with Crippen LogP contribution < -0.4 is 5.32 Å². The summed E-state index contributed by atoms with van der Waals surface area (Å²) in [5, 5.41) is 3.83. The molecule has 0 radical (unpaired) electrons. The molecule has 1 atom stereocenters. The normalized spacial score (nSPS) is 12.0. The van der Waals surface area contributed by atoms with Crippen molar-refractivity contribution in [3.63, 3.8) is 0 Å². The summed E-state index contributed by atoms with van der Waals surface area (Å²) in [5.41, 5.74) is 3.12. The van der Waals surface area contributed by atoms with Gasteiger partial charge in [-0.15, -0.1) is 0 Å². The van der Waals surface area contributed by atoms with E-state index < -0.39 is 6.04 Å². The van der Waals surface area contributed by atoms with E-state index in [2.05, 4.69) is 5.32 Å². The van der Waals surface area contributed by atoms with Gasteiger partial charge in [0.15, 0.2) is 0 Å². The number of benzene rings is 2.